The quantitative estimate of drug-likeness (QED) is 0.0374. The van der Waals surface area contributed by atoms with Crippen LogP contribution < -0.4 is 5.32 Å². The van der Waals surface area contributed by atoms with Gasteiger partial charge in [-0.2, -0.15) is 8.42 Å². The average molecular weight is 604 g/mol. The third kappa shape index (κ3) is 27.6. The molecule has 0 aromatic carbocycles. The first-order valence-electron chi connectivity index (χ1n) is 17.0. The fourth-order valence-corrected chi connectivity index (χ4v) is 5.92. The number of nitrogens with one attached hydrogen (secondary N) is 1. The predicted molar refractivity (Wildman–Crippen MR) is 172 cm³/mol. The monoisotopic (exact) mass is 603 g/mol. The summed E-state index contributed by atoms with van der Waals surface area (Å²) in [6.07, 6.45) is 28.2. The molecule has 0 saturated heterocycles. The fraction of sp³-hybridized carbons (Fsp3) is 0.909. The van der Waals surface area contributed by atoms with Crippen LogP contribution in [0.25, 0.3) is 0 Å². The molecule has 0 aromatic heterocycles. The van der Waals surface area contributed by atoms with Crippen LogP contribution >= 0.6 is 0 Å². The molecule has 3 atom stereocenters. The summed E-state index contributed by atoms with van der Waals surface area (Å²) in [6.45, 7) is 4.43. The van der Waals surface area contributed by atoms with Gasteiger partial charge in [-0.05, 0) is 38.5 Å². The highest BCUT2D eigenvalue weighted by atomic mass is 32.2. The molecule has 4 N–H and O–H groups in total. The summed E-state index contributed by atoms with van der Waals surface area (Å²) in [5.74, 6) is -1.46. The third-order valence-corrected chi connectivity index (χ3v) is 8.61. The minimum Gasteiger partial charge on any atom is -0.391 e. The van der Waals surface area contributed by atoms with Crippen LogP contribution in [0.5, 0.6) is 0 Å². The van der Waals surface area contributed by atoms with Gasteiger partial charge in [0.25, 0.3) is 10.1 Å². The number of unbranched alkanes of at least 4 members (excludes halogenated alkanes) is 19. The molecule has 0 aliphatic carbocycles. The van der Waals surface area contributed by atoms with Gasteiger partial charge in [0.1, 0.15) is 6.10 Å². The maximum atomic E-state index is 12.5. The molecule has 0 fully saturated rings. The van der Waals surface area contributed by atoms with E-state index in [1.54, 1.807) is 0 Å². The Labute approximate surface area is 253 Å². The molecule has 0 rings (SSSR count). The lowest BCUT2D eigenvalue weighted by Crippen LogP contribution is -2.50. The van der Waals surface area contributed by atoms with Gasteiger partial charge in [0.2, 0.25) is 5.91 Å². The fourth-order valence-electron chi connectivity index (χ4n) is 5.16. The largest absolute Gasteiger partial charge is 0.391 e. The molecule has 3 unspecified atom stereocenters. The molecular weight excluding hydrogens is 538 g/mol. The molecule has 0 saturated carbocycles. The number of amides is 1. The standard InChI is InChI=1S/C33H65NO6S/c1-3-5-7-9-11-13-14-15-16-17-18-19-20-22-24-26-28-32(36)33(37)34-30(29-41(38,39)40)31(35)27-25-23-21-12-10-8-6-4-2/h15-16,30-32,35-36H,3-14,17-29H2,1-2H3,(H,34,37)(H,38,39,40)/b16-15-. The summed E-state index contributed by atoms with van der Waals surface area (Å²) in [4.78, 5) is 12.5. The van der Waals surface area contributed by atoms with Crippen molar-refractivity contribution >= 4 is 16.0 Å². The summed E-state index contributed by atoms with van der Waals surface area (Å²) < 4.78 is 32.2. The Morgan fingerprint density at radius 1 is 0.634 bits per heavy atom. The molecule has 0 aliphatic rings. The number of carbonyl (C=O) groups is 1. The van der Waals surface area contributed by atoms with Gasteiger partial charge in [-0.1, -0.05) is 142 Å². The first-order chi connectivity index (χ1) is 19.7. The van der Waals surface area contributed by atoms with E-state index in [1.807, 2.05) is 0 Å². The van der Waals surface area contributed by atoms with Crippen molar-refractivity contribution in [2.45, 2.75) is 186 Å². The van der Waals surface area contributed by atoms with Crippen LogP contribution in [-0.4, -0.2) is 53.1 Å². The van der Waals surface area contributed by atoms with Gasteiger partial charge >= 0.3 is 0 Å². The van der Waals surface area contributed by atoms with Crippen LogP contribution in [0.15, 0.2) is 12.2 Å². The Morgan fingerprint density at radius 2 is 1.02 bits per heavy atom. The van der Waals surface area contributed by atoms with E-state index in [9.17, 15) is 28.0 Å². The summed E-state index contributed by atoms with van der Waals surface area (Å²) in [5.41, 5.74) is 0. The number of hydrogen-bond donors (Lipinski definition) is 4. The van der Waals surface area contributed by atoms with Crippen molar-refractivity contribution in [1.29, 1.82) is 0 Å². The van der Waals surface area contributed by atoms with Gasteiger partial charge in [-0.25, -0.2) is 0 Å². The lowest BCUT2D eigenvalue weighted by atomic mass is 10.0. The molecule has 0 radical (unpaired) electrons. The molecular formula is C33H65NO6S. The second-order valence-electron chi connectivity index (χ2n) is 11.9. The average Bonchev–Trinajstić information content (AvgIpc) is 2.92. The summed E-state index contributed by atoms with van der Waals surface area (Å²) in [5, 5.41) is 23.3. The Hall–Kier alpha value is -0.960. The number of carbonyl (C=O) groups excluding carboxylic acids is 1. The maximum absolute atomic E-state index is 12.5. The van der Waals surface area contributed by atoms with Gasteiger partial charge in [-0.15, -0.1) is 0 Å². The zero-order chi connectivity index (χ0) is 30.6. The van der Waals surface area contributed by atoms with E-state index >= 15 is 0 Å². The second-order valence-corrected chi connectivity index (χ2v) is 13.4. The number of aliphatic hydroxyl groups excluding tert-OH is 2. The molecule has 1 amide bonds. The number of rotatable bonds is 30. The number of allylic oxidation sites excluding steroid dienone is 2. The van der Waals surface area contributed by atoms with Crippen LogP contribution in [0.1, 0.15) is 168 Å². The topological polar surface area (TPSA) is 124 Å². The van der Waals surface area contributed by atoms with E-state index in [1.165, 1.54) is 83.5 Å². The molecule has 7 nitrogen and oxygen atoms in total. The summed E-state index contributed by atoms with van der Waals surface area (Å²) >= 11 is 0. The first-order valence-corrected chi connectivity index (χ1v) is 18.6. The maximum Gasteiger partial charge on any atom is 0.266 e. The van der Waals surface area contributed by atoms with Crippen molar-refractivity contribution in [3.05, 3.63) is 12.2 Å². The highest BCUT2D eigenvalue weighted by Gasteiger charge is 2.28. The van der Waals surface area contributed by atoms with E-state index < -0.39 is 40.0 Å². The Bertz CT molecular complexity index is 727. The third-order valence-electron chi connectivity index (χ3n) is 7.83. The number of hydrogen-bond acceptors (Lipinski definition) is 5. The van der Waals surface area contributed by atoms with Gasteiger partial charge in [-0.3, -0.25) is 9.35 Å². The first kappa shape index (κ1) is 40.0. The van der Waals surface area contributed by atoms with Crippen LogP contribution in [0, 0.1) is 0 Å². The van der Waals surface area contributed by atoms with Crippen LogP contribution in [0.3, 0.4) is 0 Å². The van der Waals surface area contributed by atoms with E-state index in [-0.39, 0.29) is 0 Å². The number of aliphatic hydroxyl groups is 2. The van der Waals surface area contributed by atoms with Crippen molar-refractivity contribution in [3.63, 3.8) is 0 Å². The van der Waals surface area contributed by atoms with Crippen molar-refractivity contribution in [1.82, 2.24) is 5.32 Å². The SMILES string of the molecule is CCCCCCCC/C=C\CCCCCCCCC(O)C(=O)NC(CS(=O)(=O)O)C(O)CCCCCCCCCC. The van der Waals surface area contributed by atoms with Crippen molar-refractivity contribution < 1.29 is 28.0 Å². The zero-order valence-electron chi connectivity index (χ0n) is 26.5. The Balaban J connectivity index is 4.04. The molecule has 8 heteroatoms. The second kappa shape index (κ2) is 27.8. The van der Waals surface area contributed by atoms with Crippen LogP contribution in [-0.2, 0) is 14.9 Å². The van der Waals surface area contributed by atoms with E-state index in [0.717, 1.165) is 44.9 Å². The minimum absolute atomic E-state index is 0.291. The smallest absolute Gasteiger partial charge is 0.266 e. The highest BCUT2D eigenvalue weighted by molar-refractivity contribution is 7.85. The molecule has 0 spiro atoms. The van der Waals surface area contributed by atoms with E-state index in [0.29, 0.717) is 25.7 Å². The van der Waals surface area contributed by atoms with E-state index in [4.69, 9.17) is 0 Å². The van der Waals surface area contributed by atoms with Crippen LogP contribution in [0.2, 0.25) is 0 Å². The minimum atomic E-state index is -4.39. The summed E-state index contributed by atoms with van der Waals surface area (Å²) in [6, 6.07) is -1.14. The highest BCUT2D eigenvalue weighted by Crippen LogP contribution is 2.14. The molecule has 244 valence electrons. The Kier molecular flexibility index (Phi) is 27.2. The van der Waals surface area contributed by atoms with Crippen LogP contribution in [0.4, 0.5) is 0 Å². The molecule has 0 aliphatic heterocycles. The molecule has 41 heavy (non-hydrogen) atoms. The van der Waals surface area contributed by atoms with Gasteiger partial charge in [0, 0.05) is 0 Å². The van der Waals surface area contributed by atoms with Gasteiger partial charge < -0.3 is 15.5 Å². The predicted octanol–water partition coefficient (Wildman–Crippen LogP) is 8.04. The van der Waals surface area contributed by atoms with Crippen molar-refractivity contribution in [2.75, 3.05) is 5.75 Å². The van der Waals surface area contributed by atoms with E-state index in [2.05, 4.69) is 31.3 Å². The van der Waals surface area contributed by atoms with Gasteiger partial charge in [0.15, 0.2) is 0 Å². The lowest BCUT2D eigenvalue weighted by Gasteiger charge is -2.24. The summed E-state index contributed by atoms with van der Waals surface area (Å²) in [7, 11) is -4.39. The Morgan fingerprint density at radius 3 is 1.46 bits per heavy atom. The molecule has 0 bridgehead atoms. The van der Waals surface area contributed by atoms with Crippen molar-refractivity contribution in [3.8, 4) is 0 Å². The van der Waals surface area contributed by atoms with Gasteiger partial charge in [0.05, 0.1) is 17.9 Å². The molecule has 0 heterocycles. The zero-order valence-corrected chi connectivity index (χ0v) is 27.4. The normalized spacial score (nSPS) is 14.4. The van der Waals surface area contributed by atoms with Crippen molar-refractivity contribution in [2.24, 2.45) is 0 Å². The molecule has 0 aromatic rings. The lowest BCUT2D eigenvalue weighted by molar-refractivity contribution is -0.131.